The summed E-state index contributed by atoms with van der Waals surface area (Å²) in [6.45, 7) is 8.55. The Balaban J connectivity index is 2.48. The maximum atomic E-state index is 12.2. The lowest BCUT2D eigenvalue weighted by Crippen LogP contribution is -2.42. The highest BCUT2D eigenvalue weighted by Crippen LogP contribution is 2.08. The van der Waals surface area contributed by atoms with Gasteiger partial charge in [-0.05, 0) is 44.7 Å². The van der Waals surface area contributed by atoms with Gasteiger partial charge in [-0.25, -0.2) is 0 Å². The molecule has 0 fully saturated rings. The van der Waals surface area contributed by atoms with Crippen molar-refractivity contribution in [2.24, 2.45) is 0 Å². The van der Waals surface area contributed by atoms with Gasteiger partial charge in [0.2, 0.25) is 11.8 Å². The molecule has 0 atom stereocenters. The molecule has 1 aromatic rings. The smallest absolute Gasteiger partial charge is 0.239 e. The third-order valence-electron chi connectivity index (χ3n) is 3.58. The van der Waals surface area contributed by atoms with E-state index >= 15 is 0 Å². The average Bonchev–Trinajstić information content (AvgIpc) is 2.50. The molecule has 0 saturated heterocycles. The average molecular weight is 304 g/mol. The highest BCUT2D eigenvalue weighted by molar-refractivity contribution is 5.85. The van der Waals surface area contributed by atoms with Gasteiger partial charge < -0.3 is 10.2 Å². The Morgan fingerprint density at radius 2 is 1.68 bits per heavy atom. The van der Waals surface area contributed by atoms with E-state index in [1.165, 1.54) is 5.56 Å². The lowest BCUT2D eigenvalue weighted by molar-refractivity contribution is -0.136. The van der Waals surface area contributed by atoms with Crippen molar-refractivity contribution >= 4 is 11.8 Å². The van der Waals surface area contributed by atoms with Gasteiger partial charge in [0.05, 0.1) is 6.54 Å². The van der Waals surface area contributed by atoms with Crippen molar-refractivity contribution < 1.29 is 9.59 Å². The predicted octanol–water partition coefficient (Wildman–Crippen LogP) is 2.55. The van der Waals surface area contributed by atoms with Crippen LogP contribution in [0.4, 0.5) is 0 Å². The van der Waals surface area contributed by atoms with E-state index in [1.54, 1.807) is 4.90 Å². The van der Waals surface area contributed by atoms with E-state index in [-0.39, 0.29) is 24.4 Å². The molecule has 0 unspecified atom stereocenters. The van der Waals surface area contributed by atoms with Crippen molar-refractivity contribution in [3.8, 4) is 0 Å². The third kappa shape index (κ3) is 6.29. The van der Waals surface area contributed by atoms with Crippen LogP contribution in [-0.4, -0.2) is 35.8 Å². The van der Waals surface area contributed by atoms with E-state index in [0.29, 0.717) is 19.4 Å². The van der Waals surface area contributed by atoms with Crippen LogP contribution in [0.15, 0.2) is 24.3 Å². The van der Waals surface area contributed by atoms with Crippen LogP contribution in [0.1, 0.15) is 45.2 Å². The number of carbonyl (C=O) groups is 2. The molecule has 0 heterocycles. The van der Waals surface area contributed by atoms with E-state index in [4.69, 9.17) is 0 Å². The molecule has 1 aromatic carbocycles. The number of hydrogen-bond acceptors (Lipinski definition) is 2. The first-order valence-electron chi connectivity index (χ1n) is 8.11. The quantitative estimate of drug-likeness (QED) is 0.802. The minimum atomic E-state index is -0.0995. The largest absolute Gasteiger partial charge is 0.352 e. The van der Waals surface area contributed by atoms with E-state index in [9.17, 15) is 9.59 Å². The lowest BCUT2D eigenvalue weighted by atomic mass is 10.1. The molecule has 0 saturated carbocycles. The number of nitrogens with one attached hydrogen (secondary N) is 1. The van der Waals surface area contributed by atoms with Crippen LogP contribution in [0, 0.1) is 0 Å². The normalized spacial score (nSPS) is 10.6. The van der Waals surface area contributed by atoms with Gasteiger partial charge in [-0.3, -0.25) is 9.59 Å². The summed E-state index contributed by atoms with van der Waals surface area (Å²) in [7, 11) is 0. The summed E-state index contributed by atoms with van der Waals surface area (Å²) >= 11 is 0. The monoisotopic (exact) mass is 304 g/mol. The van der Waals surface area contributed by atoms with Crippen LogP contribution >= 0.6 is 0 Å². The van der Waals surface area contributed by atoms with Crippen LogP contribution in [0.3, 0.4) is 0 Å². The predicted molar refractivity (Wildman–Crippen MR) is 89.7 cm³/mol. The molecule has 0 aliphatic rings. The topological polar surface area (TPSA) is 49.4 Å². The zero-order chi connectivity index (χ0) is 16.5. The molecule has 2 amide bonds. The second-order valence-electron chi connectivity index (χ2n) is 5.80. The molecule has 0 aromatic heterocycles. The summed E-state index contributed by atoms with van der Waals surface area (Å²) < 4.78 is 0. The minimum Gasteiger partial charge on any atom is -0.352 e. The van der Waals surface area contributed by atoms with Gasteiger partial charge in [0.25, 0.3) is 0 Å². The Morgan fingerprint density at radius 3 is 2.18 bits per heavy atom. The Morgan fingerprint density at radius 1 is 1.09 bits per heavy atom. The molecule has 0 spiro atoms. The highest BCUT2D eigenvalue weighted by atomic mass is 16.2. The Hall–Kier alpha value is -1.84. The van der Waals surface area contributed by atoms with Gasteiger partial charge in [0.15, 0.2) is 0 Å². The maximum Gasteiger partial charge on any atom is 0.239 e. The maximum absolute atomic E-state index is 12.2. The van der Waals surface area contributed by atoms with Crippen LogP contribution in [0.25, 0.3) is 0 Å². The van der Waals surface area contributed by atoms with Crippen LogP contribution in [0.2, 0.25) is 0 Å². The van der Waals surface area contributed by atoms with Crippen molar-refractivity contribution in [1.82, 2.24) is 10.2 Å². The first kappa shape index (κ1) is 18.2. The van der Waals surface area contributed by atoms with Crippen molar-refractivity contribution in [1.29, 1.82) is 0 Å². The number of likely N-dealkylation sites (N-methyl/N-ethyl adjacent to an activating group) is 1. The van der Waals surface area contributed by atoms with Crippen LogP contribution < -0.4 is 5.32 Å². The molecule has 1 N–H and O–H groups in total. The van der Waals surface area contributed by atoms with Crippen molar-refractivity contribution in [3.05, 3.63) is 35.4 Å². The minimum absolute atomic E-state index is 0.0287. The highest BCUT2D eigenvalue weighted by Gasteiger charge is 2.15. The van der Waals surface area contributed by atoms with Crippen molar-refractivity contribution in [2.75, 3.05) is 13.1 Å². The number of benzene rings is 1. The molecule has 0 aliphatic heterocycles. The Bertz CT molecular complexity index is 480. The molecule has 4 heteroatoms. The Kier molecular flexibility index (Phi) is 7.64. The Labute approximate surface area is 133 Å². The summed E-state index contributed by atoms with van der Waals surface area (Å²) in [5.74, 6) is -0.0709. The number of nitrogens with zero attached hydrogens (tertiary/aromatic N) is 1. The number of aryl methyl sites for hydroxylation is 2. The second kappa shape index (κ2) is 9.23. The van der Waals surface area contributed by atoms with Gasteiger partial charge in [-0.1, -0.05) is 31.2 Å². The van der Waals surface area contributed by atoms with Gasteiger partial charge in [-0.2, -0.15) is 0 Å². The summed E-state index contributed by atoms with van der Waals surface area (Å²) in [6, 6.07) is 8.46. The van der Waals surface area contributed by atoms with Gasteiger partial charge in [-0.15, -0.1) is 0 Å². The third-order valence-corrected chi connectivity index (χ3v) is 3.58. The van der Waals surface area contributed by atoms with Crippen molar-refractivity contribution in [2.45, 2.75) is 53.0 Å². The first-order chi connectivity index (χ1) is 10.5. The second-order valence-corrected chi connectivity index (χ2v) is 5.80. The standard InChI is InChI=1S/C18H28N2O2/c1-5-15-7-9-16(10-8-15)11-12-18(22)20(6-2)13-17(21)19-14(3)4/h7-10,14H,5-6,11-13H2,1-4H3,(H,19,21). The molecule has 0 aliphatic carbocycles. The first-order valence-corrected chi connectivity index (χ1v) is 8.11. The molecule has 22 heavy (non-hydrogen) atoms. The molecular formula is C18H28N2O2. The summed E-state index contributed by atoms with van der Waals surface area (Å²) in [6.07, 6.45) is 2.17. The van der Waals surface area contributed by atoms with Gasteiger partial charge >= 0.3 is 0 Å². The molecule has 0 bridgehead atoms. The van der Waals surface area contributed by atoms with E-state index in [1.807, 2.05) is 20.8 Å². The number of hydrogen-bond donors (Lipinski definition) is 1. The zero-order valence-electron chi connectivity index (χ0n) is 14.2. The van der Waals surface area contributed by atoms with Gasteiger partial charge in [0, 0.05) is 19.0 Å². The number of carbonyl (C=O) groups excluding carboxylic acids is 2. The SMILES string of the molecule is CCc1ccc(CCC(=O)N(CC)CC(=O)NC(C)C)cc1. The molecule has 122 valence electrons. The molecule has 4 nitrogen and oxygen atoms in total. The fourth-order valence-corrected chi connectivity index (χ4v) is 2.27. The number of amides is 2. The zero-order valence-corrected chi connectivity index (χ0v) is 14.2. The van der Waals surface area contributed by atoms with Gasteiger partial charge in [0.1, 0.15) is 0 Å². The van der Waals surface area contributed by atoms with E-state index in [0.717, 1.165) is 12.0 Å². The van der Waals surface area contributed by atoms with Crippen LogP contribution in [0.5, 0.6) is 0 Å². The molecule has 0 radical (unpaired) electrons. The summed E-state index contributed by atoms with van der Waals surface area (Å²) in [5.41, 5.74) is 2.46. The van der Waals surface area contributed by atoms with E-state index < -0.39 is 0 Å². The number of rotatable bonds is 8. The molecular weight excluding hydrogens is 276 g/mol. The van der Waals surface area contributed by atoms with E-state index in [2.05, 4.69) is 36.5 Å². The summed E-state index contributed by atoms with van der Waals surface area (Å²) in [5, 5.41) is 2.82. The fraction of sp³-hybridized carbons (Fsp3) is 0.556. The van der Waals surface area contributed by atoms with Crippen LogP contribution in [-0.2, 0) is 22.4 Å². The fourth-order valence-electron chi connectivity index (χ4n) is 2.27. The lowest BCUT2D eigenvalue weighted by Gasteiger charge is -2.21. The summed E-state index contributed by atoms with van der Waals surface area (Å²) in [4.78, 5) is 25.6. The van der Waals surface area contributed by atoms with Crippen molar-refractivity contribution in [3.63, 3.8) is 0 Å². The molecule has 1 rings (SSSR count).